The van der Waals surface area contributed by atoms with Crippen molar-refractivity contribution in [3.63, 3.8) is 0 Å². The van der Waals surface area contributed by atoms with E-state index in [1.54, 1.807) is 0 Å². The Morgan fingerprint density at radius 2 is 1.50 bits per heavy atom. The van der Waals surface area contributed by atoms with Crippen molar-refractivity contribution >= 4 is 0 Å². The van der Waals surface area contributed by atoms with Gasteiger partial charge >= 0.3 is 18.1 Å². The van der Waals surface area contributed by atoms with Crippen LogP contribution in [-0.4, -0.2) is 30.1 Å². The van der Waals surface area contributed by atoms with E-state index in [0.717, 1.165) is 0 Å². The lowest BCUT2D eigenvalue weighted by Gasteiger charge is -2.25. The molecule has 0 radical (unpaired) electrons. The molecule has 0 aliphatic rings. The van der Waals surface area contributed by atoms with Gasteiger partial charge in [-0.25, -0.2) is 0 Å². The Hall–Kier alpha value is -1.06. The van der Waals surface area contributed by atoms with Crippen molar-refractivity contribution < 1.29 is 36.0 Å². The zero-order valence-corrected chi connectivity index (χ0v) is 6.44. The fraction of sp³-hybridized carbons (Fsp3) is 1.00. The van der Waals surface area contributed by atoms with E-state index >= 15 is 0 Å². The van der Waals surface area contributed by atoms with E-state index in [1.807, 2.05) is 0 Å². The summed E-state index contributed by atoms with van der Waals surface area (Å²) >= 11 is 0. The number of hydrogen-bond donors (Lipinski definition) is 0. The van der Waals surface area contributed by atoms with Gasteiger partial charge in [0, 0.05) is 7.11 Å². The fourth-order valence-electron chi connectivity index (χ4n) is 0.510. The molecule has 0 saturated heterocycles. The number of methoxy groups -OCH3 is 1. The van der Waals surface area contributed by atoms with Gasteiger partial charge in [0.25, 0.3) is 0 Å². The second-order valence-corrected chi connectivity index (χ2v) is 2.10. The maximum absolute atomic E-state index is 12.5. The molecule has 0 saturated carbocycles. The van der Waals surface area contributed by atoms with Crippen molar-refractivity contribution in [1.29, 1.82) is 0 Å². The maximum atomic E-state index is 12.5. The van der Waals surface area contributed by atoms with E-state index in [9.17, 15) is 36.5 Å². The highest BCUT2D eigenvalue weighted by atomic mass is 19.4. The van der Waals surface area contributed by atoms with Crippen molar-refractivity contribution in [2.24, 2.45) is 0 Å². The molecule has 0 heterocycles. The van der Waals surface area contributed by atoms with Crippen molar-refractivity contribution in [2.75, 3.05) is 7.11 Å². The first-order valence-corrected chi connectivity index (χ1v) is 2.84. The first-order chi connectivity index (χ1) is 6.00. The molecule has 0 bridgehead atoms. The summed E-state index contributed by atoms with van der Waals surface area (Å²) in [6.45, 7) is 0. The molecule has 14 heavy (non-hydrogen) atoms. The van der Waals surface area contributed by atoms with Crippen molar-refractivity contribution in [2.45, 2.75) is 18.1 Å². The number of nitrogens with zero attached hydrogens (tertiary/aromatic N) is 1. The molecule has 0 aliphatic carbocycles. The van der Waals surface area contributed by atoms with Gasteiger partial charge in [0.2, 0.25) is 0 Å². The third-order valence-corrected chi connectivity index (χ3v) is 1.27. The van der Waals surface area contributed by atoms with Crippen LogP contribution in [0.1, 0.15) is 0 Å². The summed E-state index contributed by atoms with van der Waals surface area (Å²) in [7, 11) is 0.0174. The van der Waals surface area contributed by atoms with E-state index < -0.39 is 23.0 Å². The van der Waals surface area contributed by atoms with Crippen LogP contribution in [0.3, 0.4) is 0 Å². The number of hydrogen-bond acceptors (Lipinski definition) is 3. The third-order valence-electron chi connectivity index (χ3n) is 1.27. The molecule has 0 N–H and O–H groups in total. The zero-order valence-electron chi connectivity index (χ0n) is 6.44. The number of nitro groups is 1. The highest BCUT2D eigenvalue weighted by Gasteiger charge is 2.83. The third kappa shape index (κ3) is 1.61. The largest absolute Gasteiger partial charge is 0.542 e. The van der Waals surface area contributed by atoms with E-state index in [4.69, 9.17) is 0 Å². The molecule has 1 unspecified atom stereocenters. The predicted octanol–water partition coefficient (Wildman–Crippen LogP) is 1.73. The van der Waals surface area contributed by atoms with Gasteiger partial charge in [-0.3, -0.25) is 10.1 Å². The fourth-order valence-corrected chi connectivity index (χ4v) is 0.510. The van der Waals surface area contributed by atoms with Crippen LogP contribution in [0.4, 0.5) is 26.3 Å². The summed E-state index contributed by atoms with van der Waals surface area (Å²) in [5.74, 6) is -5.95. The van der Waals surface area contributed by atoms with Gasteiger partial charge in [-0.15, -0.1) is 4.39 Å². The van der Waals surface area contributed by atoms with Gasteiger partial charge in [-0.05, 0) is 0 Å². The normalized spacial score (nSPS) is 17.6. The minimum atomic E-state index is -6.38. The number of halogens is 6. The maximum Gasteiger partial charge on any atom is 0.542 e. The van der Waals surface area contributed by atoms with E-state index in [-0.39, 0.29) is 7.11 Å². The molecule has 4 nitrogen and oxygen atoms in total. The molecular formula is C4H3F6NO3. The monoisotopic (exact) mass is 227 g/mol. The lowest BCUT2D eigenvalue weighted by Crippen LogP contribution is -2.61. The summed E-state index contributed by atoms with van der Waals surface area (Å²) in [5.41, 5.74) is 0. The van der Waals surface area contributed by atoms with Gasteiger partial charge in [-0.2, -0.15) is 22.0 Å². The molecule has 0 spiro atoms. The topological polar surface area (TPSA) is 52.4 Å². The predicted molar refractivity (Wildman–Crippen MR) is 28.8 cm³/mol. The first kappa shape index (κ1) is 12.9. The Kier molecular flexibility index (Phi) is 3.01. The Balaban J connectivity index is 5.45. The van der Waals surface area contributed by atoms with Crippen LogP contribution in [-0.2, 0) is 4.74 Å². The lowest BCUT2D eigenvalue weighted by molar-refractivity contribution is -0.696. The summed E-state index contributed by atoms with van der Waals surface area (Å²) < 4.78 is 74.7. The summed E-state index contributed by atoms with van der Waals surface area (Å²) in [6.07, 6.45) is -12.0. The Morgan fingerprint density at radius 1 is 1.14 bits per heavy atom. The van der Waals surface area contributed by atoms with E-state index in [0.29, 0.717) is 0 Å². The van der Waals surface area contributed by atoms with Gasteiger partial charge < -0.3 is 4.74 Å². The summed E-state index contributed by atoms with van der Waals surface area (Å²) in [5, 5.41) is 9.62. The second-order valence-electron chi connectivity index (χ2n) is 2.10. The highest BCUT2D eigenvalue weighted by Crippen LogP contribution is 2.45. The second kappa shape index (κ2) is 3.26. The van der Waals surface area contributed by atoms with Crippen LogP contribution >= 0.6 is 0 Å². The molecule has 0 rings (SSSR count). The quantitative estimate of drug-likeness (QED) is 0.319. The Labute approximate surface area is 72.6 Å². The number of alkyl halides is 6. The average Bonchev–Trinajstić information content (AvgIpc) is 2.00. The lowest BCUT2D eigenvalue weighted by atomic mass is 10.2. The molecule has 1 atom stereocenters. The molecule has 0 aliphatic heterocycles. The van der Waals surface area contributed by atoms with Gasteiger partial charge in [0.15, 0.2) is 0 Å². The average molecular weight is 227 g/mol. The van der Waals surface area contributed by atoms with Gasteiger partial charge in [0.05, 0.1) is 4.92 Å². The molecular weight excluding hydrogens is 224 g/mol. The SMILES string of the molecule is COC(F)(F)C(F)([N+](=O)[O-])C(F)(F)F. The van der Waals surface area contributed by atoms with E-state index in [2.05, 4.69) is 4.74 Å². The standard InChI is InChI=1S/C4H3F6NO3/c1-14-4(9,10)2(5,11(12)13)3(6,7)8/h1H3. The molecule has 0 amide bonds. The van der Waals surface area contributed by atoms with Crippen LogP contribution in [0.5, 0.6) is 0 Å². The summed E-state index contributed by atoms with van der Waals surface area (Å²) in [4.78, 5) is 6.84. The van der Waals surface area contributed by atoms with Gasteiger partial charge in [0.1, 0.15) is 0 Å². The zero-order chi connectivity index (χ0) is 11.8. The van der Waals surface area contributed by atoms with Crippen LogP contribution in [0.15, 0.2) is 0 Å². The molecule has 0 aromatic heterocycles. The summed E-state index contributed by atoms with van der Waals surface area (Å²) in [6, 6.07) is 0. The Morgan fingerprint density at radius 3 is 1.57 bits per heavy atom. The first-order valence-electron chi connectivity index (χ1n) is 2.84. The van der Waals surface area contributed by atoms with Crippen LogP contribution in [0.25, 0.3) is 0 Å². The highest BCUT2D eigenvalue weighted by molar-refractivity contribution is 4.84. The van der Waals surface area contributed by atoms with Crippen molar-refractivity contribution in [1.82, 2.24) is 0 Å². The molecule has 0 aromatic rings. The van der Waals surface area contributed by atoms with Crippen LogP contribution < -0.4 is 0 Å². The minimum absolute atomic E-state index is 0.0174. The molecule has 0 aromatic carbocycles. The molecule has 0 fully saturated rings. The Bertz CT molecular complexity index is 240. The van der Waals surface area contributed by atoms with Gasteiger partial charge in [-0.1, -0.05) is 0 Å². The van der Waals surface area contributed by atoms with Crippen LogP contribution in [0, 0.1) is 10.1 Å². The van der Waals surface area contributed by atoms with Crippen molar-refractivity contribution in [3.8, 4) is 0 Å². The number of ether oxygens (including phenoxy) is 1. The smallest absolute Gasteiger partial charge is 0.315 e. The molecule has 84 valence electrons. The minimum Gasteiger partial charge on any atom is -0.315 e. The van der Waals surface area contributed by atoms with E-state index in [1.165, 1.54) is 0 Å². The van der Waals surface area contributed by atoms with Crippen LogP contribution in [0.2, 0.25) is 0 Å². The molecule has 10 heteroatoms. The number of rotatable bonds is 3. The van der Waals surface area contributed by atoms with Crippen molar-refractivity contribution in [3.05, 3.63) is 10.1 Å².